The van der Waals surface area contributed by atoms with E-state index in [1.165, 1.54) is 31.9 Å². The Hall–Kier alpha value is -2.70. The molecule has 7 heteroatoms. The molecule has 0 saturated heterocycles. The lowest BCUT2D eigenvalue weighted by molar-refractivity contribution is 0.304. The number of nitrogens with zero attached hydrogens (tertiary/aromatic N) is 3. The average molecular weight is 329 g/mol. The minimum absolute atomic E-state index is 0.282. The van der Waals surface area contributed by atoms with Crippen LogP contribution in [0.5, 0.6) is 5.75 Å². The maximum atomic E-state index is 11.0. The molecule has 0 saturated carbocycles. The average Bonchev–Trinajstić information content (AvgIpc) is 2.59. The van der Waals surface area contributed by atoms with E-state index in [-0.39, 0.29) is 5.82 Å². The summed E-state index contributed by atoms with van der Waals surface area (Å²) in [4.78, 5) is 14.7. The summed E-state index contributed by atoms with van der Waals surface area (Å²) in [5, 5.41) is 9.91. The van der Waals surface area contributed by atoms with Crippen LogP contribution in [-0.2, 0) is 0 Å². The highest BCUT2D eigenvalue weighted by atomic mass is 16.5. The molecular weight excluding hydrogens is 306 g/mol. The van der Waals surface area contributed by atoms with Gasteiger partial charge in [0, 0.05) is 5.56 Å². The van der Waals surface area contributed by atoms with E-state index in [1.807, 2.05) is 24.3 Å². The SMILES string of the molecule is CCCCCCCOc1ccccc1/C=N/Nc1cn[nH]c(=O)n1. The zero-order valence-electron chi connectivity index (χ0n) is 13.9. The van der Waals surface area contributed by atoms with E-state index in [2.05, 4.69) is 32.6 Å². The molecule has 0 aliphatic heterocycles. The lowest BCUT2D eigenvalue weighted by atomic mass is 10.2. The quantitative estimate of drug-likeness (QED) is 0.397. The third kappa shape index (κ3) is 6.20. The topological polar surface area (TPSA) is 92.3 Å². The first-order chi connectivity index (χ1) is 11.8. The molecule has 0 spiro atoms. The molecular formula is C17H23N5O2. The van der Waals surface area contributed by atoms with E-state index in [9.17, 15) is 4.79 Å². The van der Waals surface area contributed by atoms with Crippen LogP contribution < -0.4 is 15.9 Å². The predicted molar refractivity (Wildman–Crippen MR) is 94.6 cm³/mol. The number of anilines is 1. The van der Waals surface area contributed by atoms with Crippen LogP contribution in [0.3, 0.4) is 0 Å². The third-order valence-corrected chi connectivity index (χ3v) is 3.38. The molecule has 0 amide bonds. The smallest absolute Gasteiger partial charge is 0.363 e. The van der Waals surface area contributed by atoms with E-state index >= 15 is 0 Å². The fourth-order valence-corrected chi connectivity index (χ4v) is 2.14. The molecule has 0 radical (unpaired) electrons. The Kier molecular flexibility index (Phi) is 7.46. The zero-order valence-corrected chi connectivity index (χ0v) is 13.9. The lowest BCUT2D eigenvalue weighted by Crippen LogP contribution is -2.13. The molecule has 2 N–H and O–H groups in total. The van der Waals surface area contributed by atoms with Gasteiger partial charge in [-0.2, -0.15) is 15.2 Å². The van der Waals surface area contributed by atoms with Gasteiger partial charge in [-0.15, -0.1) is 0 Å². The first-order valence-corrected chi connectivity index (χ1v) is 8.22. The van der Waals surface area contributed by atoms with E-state index < -0.39 is 5.69 Å². The molecule has 2 aromatic rings. The second kappa shape index (κ2) is 10.1. The van der Waals surface area contributed by atoms with Gasteiger partial charge in [0.25, 0.3) is 0 Å². The second-order valence-corrected chi connectivity index (χ2v) is 5.34. The van der Waals surface area contributed by atoms with Gasteiger partial charge in [0.2, 0.25) is 0 Å². The molecule has 7 nitrogen and oxygen atoms in total. The Balaban J connectivity index is 1.86. The number of rotatable bonds is 10. The number of benzene rings is 1. The molecule has 0 bridgehead atoms. The van der Waals surface area contributed by atoms with Crippen LogP contribution in [0, 0.1) is 0 Å². The van der Waals surface area contributed by atoms with E-state index in [0.29, 0.717) is 6.61 Å². The zero-order chi connectivity index (χ0) is 17.0. The normalized spacial score (nSPS) is 10.9. The number of aromatic amines is 1. The van der Waals surface area contributed by atoms with Gasteiger partial charge in [0.15, 0.2) is 5.82 Å². The molecule has 1 heterocycles. The second-order valence-electron chi connectivity index (χ2n) is 5.34. The number of nitrogens with one attached hydrogen (secondary N) is 2. The highest BCUT2D eigenvalue weighted by Gasteiger charge is 2.00. The Morgan fingerprint density at radius 1 is 1.25 bits per heavy atom. The molecule has 2 rings (SSSR count). The van der Waals surface area contributed by atoms with Gasteiger partial charge in [-0.1, -0.05) is 44.7 Å². The first kappa shape index (κ1) is 17.7. The van der Waals surface area contributed by atoms with Crippen LogP contribution in [0.4, 0.5) is 5.82 Å². The monoisotopic (exact) mass is 329 g/mol. The van der Waals surface area contributed by atoms with Crippen molar-refractivity contribution in [2.24, 2.45) is 5.10 Å². The summed E-state index contributed by atoms with van der Waals surface area (Å²) < 4.78 is 5.84. The summed E-state index contributed by atoms with van der Waals surface area (Å²) in [7, 11) is 0. The maximum Gasteiger partial charge on any atom is 0.363 e. The molecule has 0 unspecified atom stereocenters. The number of aromatic nitrogens is 3. The number of hydrogen-bond donors (Lipinski definition) is 2. The lowest BCUT2D eigenvalue weighted by Gasteiger charge is -2.08. The van der Waals surface area contributed by atoms with Crippen molar-refractivity contribution >= 4 is 12.0 Å². The fourth-order valence-electron chi connectivity index (χ4n) is 2.14. The Morgan fingerprint density at radius 2 is 2.08 bits per heavy atom. The molecule has 0 atom stereocenters. The molecule has 0 aliphatic carbocycles. The predicted octanol–water partition coefficient (Wildman–Crippen LogP) is 2.96. The third-order valence-electron chi connectivity index (χ3n) is 3.38. The number of ether oxygens (including phenoxy) is 1. The Morgan fingerprint density at radius 3 is 2.92 bits per heavy atom. The Labute approximate surface area is 141 Å². The van der Waals surface area contributed by atoms with Gasteiger partial charge in [-0.05, 0) is 18.6 Å². The van der Waals surface area contributed by atoms with Crippen molar-refractivity contribution in [3.63, 3.8) is 0 Å². The van der Waals surface area contributed by atoms with E-state index in [4.69, 9.17) is 4.74 Å². The first-order valence-electron chi connectivity index (χ1n) is 8.22. The highest BCUT2D eigenvalue weighted by molar-refractivity contribution is 5.83. The summed E-state index contributed by atoms with van der Waals surface area (Å²) >= 11 is 0. The molecule has 0 aliphatic rings. The van der Waals surface area contributed by atoms with Crippen molar-refractivity contribution < 1.29 is 4.74 Å². The number of hydrazone groups is 1. The van der Waals surface area contributed by atoms with Gasteiger partial charge in [0.05, 0.1) is 19.0 Å². The minimum atomic E-state index is -0.526. The summed E-state index contributed by atoms with van der Waals surface area (Å²) in [5.74, 6) is 1.07. The van der Waals surface area contributed by atoms with Crippen molar-refractivity contribution in [2.45, 2.75) is 39.0 Å². The molecule has 24 heavy (non-hydrogen) atoms. The summed E-state index contributed by atoms with van der Waals surface area (Å²) in [6.07, 6.45) is 9.03. The van der Waals surface area contributed by atoms with Crippen molar-refractivity contribution in [3.8, 4) is 5.75 Å². The fraction of sp³-hybridized carbons (Fsp3) is 0.412. The molecule has 128 valence electrons. The van der Waals surface area contributed by atoms with Crippen LogP contribution >= 0.6 is 0 Å². The summed E-state index contributed by atoms with van der Waals surface area (Å²) in [5.41, 5.74) is 3.00. The Bertz CT molecular complexity index is 699. The minimum Gasteiger partial charge on any atom is -0.493 e. The van der Waals surface area contributed by atoms with E-state index in [1.54, 1.807) is 6.21 Å². The van der Waals surface area contributed by atoms with E-state index in [0.717, 1.165) is 17.7 Å². The van der Waals surface area contributed by atoms with Gasteiger partial charge < -0.3 is 4.74 Å². The van der Waals surface area contributed by atoms with Crippen molar-refractivity contribution in [3.05, 3.63) is 46.5 Å². The van der Waals surface area contributed by atoms with Crippen LogP contribution in [0.25, 0.3) is 0 Å². The van der Waals surface area contributed by atoms with Crippen LogP contribution in [0.1, 0.15) is 44.6 Å². The van der Waals surface area contributed by atoms with Crippen molar-refractivity contribution in [1.29, 1.82) is 0 Å². The standard InChI is InChI=1S/C17H23N5O2/c1-2-3-4-5-8-11-24-15-10-7-6-9-14(15)12-18-21-16-13-19-22-17(23)20-16/h6-7,9-10,12-13H,2-5,8,11H2,1H3,(H2,20,21,22,23)/b18-12+. The number of para-hydroxylation sites is 1. The van der Waals surface area contributed by atoms with Gasteiger partial charge >= 0.3 is 5.69 Å². The van der Waals surface area contributed by atoms with Gasteiger partial charge in [-0.25, -0.2) is 9.89 Å². The number of H-pyrrole nitrogens is 1. The number of hydrogen-bond acceptors (Lipinski definition) is 6. The maximum absolute atomic E-state index is 11.0. The molecule has 0 fully saturated rings. The summed E-state index contributed by atoms with van der Waals surface area (Å²) in [6, 6.07) is 7.68. The summed E-state index contributed by atoms with van der Waals surface area (Å²) in [6.45, 7) is 2.90. The van der Waals surface area contributed by atoms with Crippen LogP contribution in [-0.4, -0.2) is 28.0 Å². The largest absolute Gasteiger partial charge is 0.493 e. The number of unbranched alkanes of at least 4 members (excludes halogenated alkanes) is 4. The van der Waals surface area contributed by atoms with Crippen molar-refractivity contribution in [2.75, 3.05) is 12.0 Å². The van der Waals surface area contributed by atoms with Gasteiger partial charge in [-0.3, -0.25) is 5.43 Å². The van der Waals surface area contributed by atoms with Gasteiger partial charge in [0.1, 0.15) is 5.75 Å². The van der Waals surface area contributed by atoms with Crippen LogP contribution in [0.15, 0.2) is 40.4 Å². The van der Waals surface area contributed by atoms with Crippen molar-refractivity contribution in [1.82, 2.24) is 15.2 Å². The highest BCUT2D eigenvalue weighted by Crippen LogP contribution is 2.16. The van der Waals surface area contributed by atoms with Crippen LogP contribution in [0.2, 0.25) is 0 Å². The molecule has 1 aromatic heterocycles. The molecule has 1 aromatic carbocycles.